The minimum absolute atomic E-state index is 0.0464. The first kappa shape index (κ1) is 17.4. The molecule has 3 N–H and O–H groups in total. The number of nitrogens with one attached hydrogen (secondary N) is 1. The number of halogens is 2. The Labute approximate surface area is 145 Å². The third-order valence-corrected chi connectivity index (χ3v) is 4.33. The zero-order chi connectivity index (χ0) is 17.8. The van der Waals surface area contributed by atoms with Crippen LogP contribution < -0.4 is 15.8 Å². The number of hydrogen-bond donors (Lipinski definition) is 2. The van der Waals surface area contributed by atoms with Crippen LogP contribution in [0.15, 0.2) is 42.5 Å². The first-order valence-electron chi connectivity index (χ1n) is 8.24. The molecule has 1 amide bonds. The molecule has 2 aromatic rings. The molecule has 0 heterocycles. The average molecular weight is 346 g/mol. The molecule has 1 fully saturated rings. The fraction of sp³-hybridized carbons (Fsp3) is 0.316. The van der Waals surface area contributed by atoms with Crippen LogP contribution in [0.25, 0.3) is 0 Å². The molecule has 2 unspecified atom stereocenters. The van der Waals surface area contributed by atoms with Gasteiger partial charge in [-0.15, -0.1) is 0 Å². The molecule has 0 radical (unpaired) electrons. The third kappa shape index (κ3) is 4.54. The van der Waals surface area contributed by atoms with Gasteiger partial charge in [-0.05, 0) is 49.1 Å². The summed E-state index contributed by atoms with van der Waals surface area (Å²) >= 11 is 0. The molecule has 1 saturated carbocycles. The number of amides is 1. The van der Waals surface area contributed by atoms with Crippen molar-refractivity contribution >= 4 is 11.6 Å². The van der Waals surface area contributed by atoms with Gasteiger partial charge in [-0.2, -0.15) is 0 Å². The Balaban J connectivity index is 1.59. The molecule has 0 spiro atoms. The highest BCUT2D eigenvalue weighted by Gasteiger charge is 2.27. The quantitative estimate of drug-likeness (QED) is 0.869. The van der Waals surface area contributed by atoms with E-state index in [0.29, 0.717) is 17.7 Å². The first-order chi connectivity index (χ1) is 12.0. The number of ether oxygens (including phenoxy) is 1. The second kappa shape index (κ2) is 7.61. The lowest BCUT2D eigenvalue weighted by Gasteiger charge is -2.12. The summed E-state index contributed by atoms with van der Waals surface area (Å²) in [5.41, 5.74) is 6.79. The van der Waals surface area contributed by atoms with Crippen molar-refractivity contribution in [3.8, 4) is 5.75 Å². The van der Waals surface area contributed by atoms with Gasteiger partial charge >= 0.3 is 0 Å². The van der Waals surface area contributed by atoms with Crippen LogP contribution >= 0.6 is 0 Å². The Kier molecular flexibility index (Phi) is 5.28. The van der Waals surface area contributed by atoms with Gasteiger partial charge < -0.3 is 15.8 Å². The molecule has 0 bridgehead atoms. The summed E-state index contributed by atoms with van der Waals surface area (Å²) < 4.78 is 32.7. The van der Waals surface area contributed by atoms with Crippen LogP contribution in [-0.2, 0) is 11.4 Å². The standard InChI is InChI=1S/C19H20F2N2O2/c20-14-3-1-2-12(8-14)11-25-18-7-6-16(10-17(18)21)23-19(24)13-4-5-15(22)9-13/h1-3,6-8,10,13,15H,4-5,9,11,22H2,(H,23,24). The Morgan fingerprint density at radius 2 is 2.04 bits per heavy atom. The molecule has 0 saturated heterocycles. The Morgan fingerprint density at radius 3 is 2.72 bits per heavy atom. The second-order valence-corrected chi connectivity index (χ2v) is 6.32. The van der Waals surface area contributed by atoms with E-state index in [9.17, 15) is 13.6 Å². The van der Waals surface area contributed by atoms with E-state index >= 15 is 0 Å². The summed E-state index contributed by atoms with van der Waals surface area (Å²) in [6, 6.07) is 10.2. The van der Waals surface area contributed by atoms with Gasteiger partial charge in [0, 0.05) is 23.7 Å². The predicted octanol–water partition coefficient (Wildman–Crippen LogP) is 3.61. The monoisotopic (exact) mass is 346 g/mol. The summed E-state index contributed by atoms with van der Waals surface area (Å²) in [7, 11) is 0. The van der Waals surface area contributed by atoms with Crippen molar-refractivity contribution in [2.24, 2.45) is 11.7 Å². The predicted molar refractivity (Wildman–Crippen MR) is 91.1 cm³/mol. The molecular weight excluding hydrogens is 326 g/mol. The van der Waals surface area contributed by atoms with E-state index in [4.69, 9.17) is 10.5 Å². The van der Waals surface area contributed by atoms with Crippen molar-refractivity contribution < 1.29 is 18.3 Å². The maximum Gasteiger partial charge on any atom is 0.227 e. The van der Waals surface area contributed by atoms with Crippen LogP contribution in [-0.4, -0.2) is 11.9 Å². The summed E-state index contributed by atoms with van der Waals surface area (Å²) in [6.07, 6.45) is 2.24. The Morgan fingerprint density at radius 1 is 1.20 bits per heavy atom. The molecule has 3 rings (SSSR count). The first-order valence-corrected chi connectivity index (χ1v) is 8.24. The number of anilines is 1. The normalized spacial score (nSPS) is 19.6. The van der Waals surface area contributed by atoms with Crippen molar-refractivity contribution in [3.63, 3.8) is 0 Å². The average Bonchev–Trinajstić information content (AvgIpc) is 3.01. The molecule has 25 heavy (non-hydrogen) atoms. The maximum absolute atomic E-state index is 14.2. The highest BCUT2D eigenvalue weighted by Crippen LogP contribution is 2.27. The van der Waals surface area contributed by atoms with Crippen LogP contribution in [0.3, 0.4) is 0 Å². The molecule has 4 nitrogen and oxygen atoms in total. The number of rotatable bonds is 5. The van der Waals surface area contributed by atoms with Crippen LogP contribution in [0.2, 0.25) is 0 Å². The number of hydrogen-bond acceptors (Lipinski definition) is 3. The van der Waals surface area contributed by atoms with E-state index in [1.807, 2.05) is 0 Å². The van der Waals surface area contributed by atoms with Gasteiger partial charge in [-0.3, -0.25) is 4.79 Å². The molecular formula is C19H20F2N2O2. The highest BCUT2D eigenvalue weighted by atomic mass is 19.1. The molecule has 0 aromatic heterocycles. The van der Waals surface area contributed by atoms with E-state index in [1.165, 1.54) is 24.3 Å². The number of carbonyl (C=O) groups excluding carboxylic acids is 1. The maximum atomic E-state index is 14.2. The lowest BCUT2D eigenvalue weighted by Crippen LogP contribution is -2.23. The van der Waals surface area contributed by atoms with Crippen molar-refractivity contribution in [1.82, 2.24) is 0 Å². The van der Waals surface area contributed by atoms with Crippen molar-refractivity contribution in [2.75, 3.05) is 5.32 Å². The zero-order valence-electron chi connectivity index (χ0n) is 13.7. The van der Waals surface area contributed by atoms with Crippen LogP contribution in [0.4, 0.5) is 14.5 Å². The van der Waals surface area contributed by atoms with Gasteiger partial charge in [0.05, 0.1) is 0 Å². The van der Waals surface area contributed by atoms with Crippen molar-refractivity contribution in [3.05, 3.63) is 59.7 Å². The molecule has 1 aliphatic rings. The van der Waals surface area contributed by atoms with Gasteiger partial charge in [0.25, 0.3) is 0 Å². The molecule has 132 valence electrons. The molecule has 2 aromatic carbocycles. The second-order valence-electron chi connectivity index (χ2n) is 6.32. The molecule has 1 aliphatic carbocycles. The van der Waals surface area contributed by atoms with Gasteiger partial charge in [0.2, 0.25) is 5.91 Å². The van der Waals surface area contributed by atoms with Crippen molar-refractivity contribution in [2.45, 2.75) is 31.9 Å². The lowest BCUT2D eigenvalue weighted by atomic mass is 10.1. The van der Waals surface area contributed by atoms with Crippen LogP contribution in [0, 0.1) is 17.6 Å². The molecule has 6 heteroatoms. The van der Waals surface area contributed by atoms with Gasteiger partial charge in [0.15, 0.2) is 11.6 Å². The van der Waals surface area contributed by atoms with Crippen LogP contribution in [0.1, 0.15) is 24.8 Å². The SMILES string of the molecule is NC1CCC(C(=O)Nc2ccc(OCc3cccc(F)c3)c(F)c2)C1. The minimum Gasteiger partial charge on any atom is -0.486 e. The molecule has 0 aliphatic heterocycles. The Hall–Kier alpha value is -2.47. The summed E-state index contributed by atoms with van der Waals surface area (Å²) in [5.74, 6) is -1.17. The fourth-order valence-electron chi connectivity index (χ4n) is 2.98. The van der Waals surface area contributed by atoms with Gasteiger partial charge in [-0.25, -0.2) is 8.78 Å². The van der Waals surface area contributed by atoms with Crippen LogP contribution in [0.5, 0.6) is 5.75 Å². The van der Waals surface area contributed by atoms with Gasteiger partial charge in [0.1, 0.15) is 12.4 Å². The van der Waals surface area contributed by atoms with E-state index in [1.54, 1.807) is 18.2 Å². The fourth-order valence-corrected chi connectivity index (χ4v) is 2.98. The largest absolute Gasteiger partial charge is 0.486 e. The topological polar surface area (TPSA) is 64.4 Å². The summed E-state index contributed by atoms with van der Waals surface area (Å²) in [5, 5.41) is 2.71. The van der Waals surface area contributed by atoms with E-state index in [0.717, 1.165) is 12.8 Å². The lowest BCUT2D eigenvalue weighted by molar-refractivity contribution is -0.119. The summed E-state index contributed by atoms with van der Waals surface area (Å²) in [6.45, 7) is 0.0559. The smallest absolute Gasteiger partial charge is 0.227 e. The number of benzene rings is 2. The number of carbonyl (C=O) groups is 1. The zero-order valence-corrected chi connectivity index (χ0v) is 13.7. The van der Waals surface area contributed by atoms with E-state index in [-0.39, 0.29) is 36.0 Å². The Bertz CT molecular complexity index is 767. The minimum atomic E-state index is -0.586. The van der Waals surface area contributed by atoms with E-state index < -0.39 is 5.82 Å². The highest BCUT2D eigenvalue weighted by molar-refractivity contribution is 5.92. The molecule has 2 atom stereocenters. The van der Waals surface area contributed by atoms with Crippen molar-refractivity contribution in [1.29, 1.82) is 0 Å². The third-order valence-electron chi connectivity index (χ3n) is 4.33. The van der Waals surface area contributed by atoms with E-state index in [2.05, 4.69) is 5.32 Å². The van der Waals surface area contributed by atoms with Gasteiger partial charge in [-0.1, -0.05) is 12.1 Å². The summed E-state index contributed by atoms with van der Waals surface area (Å²) in [4.78, 5) is 12.1. The number of nitrogens with two attached hydrogens (primary N) is 1.